The van der Waals surface area contributed by atoms with Crippen LogP contribution in [0.3, 0.4) is 0 Å². The van der Waals surface area contributed by atoms with Gasteiger partial charge in [0.1, 0.15) is 18.7 Å². The second kappa shape index (κ2) is 13.7. The average molecular weight is 571 g/mol. The molecule has 3 unspecified atom stereocenters. The van der Waals surface area contributed by atoms with Crippen LogP contribution in [0.5, 0.6) is 0 Å². The van der Waals surface area contributed by atoms with Crippen molar-refractivity contribution < 1.29 is 29.0 Å². The second-order valence-corrected chi connectivity index (χ2v) is 11.0. The smallest absolute Gasteiger partial charge is 0.407 e. The lowest BCUT2D eigenvalue weighted by atomic mass is 9.98. The molecular weight excluding hydrogens is 532 g/mol. The van der Waals surface area contributed by atoms with Crippen LogP contribution >= 0.6 is 0 Å². The van der Waals surface area contributed by atoms with Gasteiger partial charge in [0, 0.05) is 12.5 Å². The van der Waals surface area contributed by atoms with Crippen LogP contribution in [0.15, 0.2) is 78.9 Å². The fourth-order valence-electron chi connectivity index (χ4n) is 6.03. The molecular formula is C34H38N2O6. The minimum atomic E-state index is -1.12. The van der Waals surface area contributed by atoms with Crippen molar-refractivity contribution in [1.82, 2.24) is 10.2 Å². The molecule has 1 saturated heterocycles. The Morgan fingerprint density at radius 1 is 0.881 bits per heavy atom. The number of carbonyl (C=O) groups excluding carboxylic acids is 2. The third-order valence-corrected chi connectivity index (χ3v) is 8.28. The number of aliphatic carboxylic acids is 1. The number of ether oxygens (including phenoxy) is 2. The van der Waals surface area contributed by atoms with Crippen molar-refractivity contribution in [2.75, 3.05) is 13.2 Å². The summed E-state index contributed by atoms with van der Waals surface area (Å²) >= 11 is 0. The molecule has 220 valence electrons. The lowest BCUT2D eigenvalue weighted by Crippen LogP contribution is -2.58. The first-order valence-corrected chi connectivity index (χ1v) is 14.7. The fourth-order valence-corrected chi connectivity index (χ4v) is 6.03. The third-order valence-electron chi connectivity index (χ3n) is 8.28. The number of amides is 2. The van der Waals surface area contributed by atoms with Gasteiger partial charge in [-0.15, -0.1) is 0 Å². The van der Waals surface area contributed by atoms with Crippen molar-refractivity contribution in [3.63, 3.8) is 0 Å². The maximum atomic E-state index is 14.0. The van der Waals surface area contributed by atoms with Gasteiger partial charge < -0.3 is 24.8 Å². The highest BCUT2D eigenvalue weighted by molar-refractivity contribution is 5.90. The highest BCUT2D eigenvalue weighted by Gasteiger charge is 2.38. The van der Waals surface area contributed by atoms with Gasteiger partial charge in [0.05, 0.1) is 12.7 Å². The Kier molecular flexibility index (Phi) is 9.54. The molecule has 8 nitrogen and oxygen atoms in total. The summed E-state index contributed by atoms with van der Waals surface area (Å²) in [5.41, 5.74) is 5.34. The first kappa shape index (κ1) is 29.3. The molecule has 8 heteroatoms. The normalized spacial score (nSPS) is 18.1. The number of carboxylic acid groups (broad SMARTS) is 1. The molecule has 2 amide bonds. The molecule has 1 fully saturated rings. The number of nitrogens with zero attached hydrogens (tertiary/aromatic N) is 1. The highest BCUT2D eigenvalue weighted by atomic mass is 16.5. The van der Waals surface area contributed by atoms with Gasteiger partial charge in [-0.1, -0.05) is 98.1 Å². The monoisotopic (exact) mass is 570 g/mol. The Labute approximate surface area is 246 Å². The third kappa shape index (κ3) is 6.65. The second-order valence-electron chi connectivity index (χ2n) is 11.0. The zero-order valence-electron chi connectivity index (χ0n) is 23.9. The molecule has 0 radical (unpaired) electrons. The molecule has 2 N–H and O–H groups in total. The van der Waals surface area contributed by atoms with Gasteiger partial charge in [0.2, 0.25) is 5.91 Å². The number of likely N-dealkylation sites (tertiary alicyclic amines) is 1. The molecule has 0 spiro atoms. The van der Waals surface area contributed by atoms with E-state index in [1.807, 2.05) is 66.7 Å². The van der Waals surface area contributed by atoms with E-state index in [0.717, 1.165) is 47.1 Å². The van der Waals surface area contributed by atoms with E-state index in [1.54, 1.807) is 6.92 Å². The maximum absolute atomic E-state index is 14.0. The number of benzene rings is 3. The van der Waals surface area contributed by atoms with E-state index >= 15 is 0 Å². The van der Waals surface area contributed by atoms with E-state index < -0.39 is 36.2 Å². The van der Waals surface area contributed by atoms with Gasteiger partial charge in [-0.3, -0.25) is 4.79 Å². The van der Waals surface area contributed by atoms with E-state index in [9.17, 15) is 19.5 Å². The summed E-state index contributed by atoms with van der Waals surface area (Å²) in [6, 6.07) is 23.6. The Hall–Kier alpha value is -4.17. The van der Waals surface area contributed by atoms with Crippen LogP contribution in [0, 0.1) is 0 Å². The summed E-state index contributed by atoms with van der Waals surface area (Å²) in [5.74, 6) is -1.64. The van der Waals surface area contributed by atoms with E-state index in [2.05, 4.69) is 17.4 Å². The summed E-state index contributed by atoms with van der Waals surface area (Å²) in [4.78, 5) is 40.8. The first-order chi connectivity index (χ1) is 20.4. The van der Waals surface area contributed by atoms with Gasteiger partial charge in [-0.2, -0.15) is 0 Å². The van der Waals surface area contributed by atoms with Crippen molar-refractivity contribution in [1.29, 1.82) is 0 Å². The van der Waals surface area contributed by atoms with Crippen molar-refractivity contribution in [3.05, 3.63) is 95.6 Å². The zero-order valence-corrected chi connectivity index (χ0v) is 23.9. The molecule has 42 heavy (non-hydrogen) atoms. The number of hydrogen-bond acceptors (Lipinski definition) is 5. The van der Waals surface area contributed by atoms with Crippen LogP contribution in [0.4, 0.5) is 4.79 Å². The topological polar surface area (TPSA) is 105 Å². The summed E-state index contributed by atoms with van der Waals surface area (Å²) in [6.45, 7) is 2.36. The van der Waals surface area contributed by atoms with E-state index in [4.69, 9.17) is 9.47 Å². The Bertz CT molecular complexity index is 1350. The van der Waals surface area contributed by atoms with Gasteiger partial charge in [-0.25, -0.2) is 9.59 Å². The predicted octanol–water partition coefficient (Wildman–Crippen LogP) is 5.74. The van der Waals surface area contributed by atoms with Crippen molar-refractivity contribution in [3.8, 4) is 11.1 Å². The van der Waals surface area contributed by atoms with Crippen LogP contribution in [0.25, 0.3) is 11.1 Å². The lowest BCUT2D eigenvalue weighted by molar-refractivity contribution is -0.153. The molecule has 3 aromatic rings. The number of nitrogens with one attached hydrogen (secondary N) is 1. The Morgan fingerprint density at radius 2 is 1.50 bits per heavy atom. The minimum absolute atomic E-state index is 0.0987. The molecule has 0 bridgehead atoms. The summed E-state index contributed by atoms with van der Waals surface area (Å²) in [7, 11) is 0. The summed E-state index contributed by atoms with van der Waals surface area (Å²) in [5, 5.41) is 12.7. The highest BCUT2D eigenvalue weighted by Crippen LogP contribution is 2.44. The molecule has 0 saturated carbocycles. The quantitative estimate of drug-likeness (QED) is 0.340. The zero-order chi connectivity index (χ0) is 29.5. The molecule has 2 aliphatic rings. The maximum Gasteiger partial charge on any atom is 0.407 e. The molecule has 1 aliphatic carbocycles. The van der Waals surface area contributed by atoms with Crippen molar-refractivity contribution in [2.45, 2.75) is 69.7 Å². The number of rotatable bonds is 9. The summed E-state index contributed by atoms with van der Waals surface area (Å²) in [6.07, 6.45) is 2.17. The first-order valence-electron chi connectivity index (χ1n) is 14.7. The Morgan fingerprint density at radius 3 is 2.17 bits per heavy atom. The SMILES string of the molecule is CC(OCc1ccccc1)C(NC(=O)OCC1c2ccccc2-c2ccccc21)C(=O)N1CCCCCCC1C(=O)O. The van der Waals surface area contributed by atoms with Gasteiger partial charge >= 0.3 is 12.1 Å². The average Bonchev–Trinajstić information content (AvgIpc) is 3.31. The number of carbonyl (C=O) groups is 3. The molecule has 0 aromatic heterocycles. The molecule has 1 heterocycles. The number of carboxylic acids is 1. The van der Waals surface area contributed by atoms with Crippen molar-refractivity contribution >= 4 is 18.0 Å². The standard InChI is InChI=1S/C34H38N2O6/c1-23(41-21-24-13-5-4-6-14-24)31(32(37)36-20-12-3-2-7-19-30(36)33(38)39)35-34(40)42-22-29-27-17-10-8-15-25(27)26-16-9-11-18-28(26)29/h4-6,8-11,13-18,23,29-31H,2-3,7,12,19-22H2,1H3,(H,35,40)(H,38,39). The number of hydrogen-bond donors (Lipinski definition) is 2. The molecule has 1 aliphatic heterocycles. The Balaban J connectivity index is 1.32. The number of fused-ring (bicyclic) bond motifs is 3. The molecule has 5 rings (SSSR count). The van der Waals surface area contributed by atoms with E-state index in [1.165, 1.54) is 4.90 Å². The van der Waals surface area contributed by atoms with E-state index in [-0.39, 0.29) is 19.1 Å². The van der Waals surface area contributed by atoms with Gasteiger partial charge in [-0.05, 0) is 47.6 Å². The fraction of sp³-hybridized carbons (Fsp3) is 0.382. The molecule has 3 atom stereocenters. The van der Waals surface area contributed by atoms with Crippen LogP contribution in [-0.2, 0) is 25.7 Å². The van der Waals surface area contributed by atoms with Crippen LogP contribution in [0.2, 0.25) is 0 Å². The van der Waals surface area contributed by atoms with Gasteiger partial charge in [0.15, 0.2) is 0 Å². The van der Waals surface area contributed by atoms with Crippen LogP contribution in [-0.4, -0.2) is 59.3 Å². The summed E-state index contributed by atoms with van der Waals surface area (Å²) < 4.78 is 11.8. The van der Waals surface area contributed by atoms with Crippen molar-refractivity contribution in [2.24, 2.45) is 0 Å². The predicted molar refractivity (Wildman–Crippen MR) is 159 cm³/mol. The van der Waals surface area contributed by atoms with E-state index in [0.29, 0.717) is 19.4 Å². The molecule has 3 aromatic carbocycles. The largest absolute Gasteiger partial charge is 0.480 e. The number of alkyl carbamates (subject to hydrolysis) is 1. The lowest BCUT2D eigenvalue weighted by Gasteiger charge is -2.35. The van der Waals surface area contributed by atoms with Crippen LogP contribution < -0.4 is 5.32 Å². The van der Waals surface area contributed by atoms with Gasteiger partial charge in [0.25, 0.3) is 0 Å². The minimum Gasteiger partial charge on any atom is -0.480 e. The van der Waals surface area contributed by atoms with Crippen LogP contribution in [0.1, 0.15) is 61.6 Å².